The van der Waals surface area contributed by atoms with Gasteiger partial charge in [-0.05, 0) is 30.5 Å². The van der Waals surface area contributed by atoms with Crippen molar-refractivity contribution in [2.24, 2.45) is 5.92 Å². The predicted octanol–water partition coefficient (Wildman–Crippen LogP) is 2.98. The van der Waals surface area contributed by atoms with Crippen molar-refractivity contribution in [3.63, 3.8) is 0 Å². The summed E-state index contributed by atoms with van der Waals surface area (Å²) in [6, 6.07) is 5.60. The summed E-state index contributed by atoms with van der Waals surface area (Å²) >= 11 is 1.27. The van der Waals surface area contributed by atoms with E-state index in [4.69, 9.17) is 0 Å². The zero-order valence-electron chi connectivity index (χ0n) is 13.7. The van der Waals surface area contributed by atoms with Crippen LogP contribution in [0.25, 0.3) is 0 Å². The Kier molecular flexibility index (Phi) is 5.82. The van der Waals surface area contributed by atoms with Crippen LogP contribution in [0.5, 0.6) is 0 Å². The number of benzene rings is 1. The Balaban J connectivity index is 2.14. The van der Waals surface area contributed by atoms with Gasteiger partial charge in [-0.25, -0.2) is 0 Å². The van der Waals surface area contributed by atoms with E-state index in [2.05, 4.69) is 5.32 Å². The lowest BCUT2D eigenvalue weighted by Crippen LogP contribution is -2.25. The molecule has 0 bridgehead atoms. The maximum atomic E-state index is 12.3. The summed E-state index contributed by atoms with van der Waals surface area (Å²) in [5.74, 6) is 0.872. The van der Waals surface area contributed by atoms with E-state index >= 15 is 0 Å². The van der Waals surface area contributed by atoms with Crippen molar-refractivity contribution in [2.75, 3.05) is 22.5 Å². The van der Waals surface area contributed by atoms with Gasteiger partial charge in [0.1, 0.15) is 0 Å². The Morgan fingerprint density at radius 3 is 2.78 bits per heavy atom. The van der Waals surface area contributed by atoms with Gasteiger partial charge in [-0.15, -0.1) is 0 Å². The Hall–Kier alpha value is -1.82. The Labute approximate surface area is 140 Å². The Bertz CT molecular complexity index is 630. The summed E-state index contributed by atoms with van der Waals surface area (Å²) in [6.45, 7) is 5.91. The lowest BCUT2D eigenvalue weighted by atomic mass is 10.1. The smallest absolute Gasteiger partial charge is 0.227 e. The van der Waals surface area contributed by atoms with Gasteiger partial charge < -0.3 is 10.2 Å². The average molecular weight is 334 g/mol. The predicted molar refractivity (Wildman–Crippen MR) is 93.7 cm³/mol. The minimum Gasteiger partial charge on any atom is -0.326 e. The van der Waals surface area contributed by atoms with Gasteiger partial charge in [-0.3, -0.25) is 14.4 Å². The van der Waals surface area contributed by atoms with Crippen LogP contribution >= 0.6 is 11.8 Å². The van der Waals surface area contributed by atoms with Gasteiger partial charge in [0.05, 0.1) is 0 Å². The van der Waals surface area contributed by atoms with Crippen LogP contribution in [0.2, 0.25) is 0 Å². The fourth-order valence-corrected chi connectivity index (χ4v) is 3.28. The van der Waals surface area contributed by atoms with E-state index in [-0.39, 0.29) is 22.8 Å². The second kappa shape index (κ2) is 7.64. The standard InChI is InChI=1S/C17H22N2O3S/c1-4-16(21)18-14-6-5-11(2)15(8-14)19-9-13(7-17(19)22)10-23-12(3)20/h5-6,8,13H,4,7,9-10H2,1-3H3,(H,18,21). The number of aryl methyl sites for hydroxylation is 1. The fourth-order valence-electron chi connectivity index (χ4n) is 2.59. The number of thioether (sulfide) groups is 1. The highest BCUT2D eigenvalue weighted by Crippen LogP contribution is 2.31. The minimum absolute atomic E-state index is 0.0525. The number of hydrogen-bond donors (Lipinski definition) is 1. The number of rotatable bonds is 5. The fraction of sp³-hybridized carbons (Fsp3) is 0.471. The number of anilines is 2. The molecule has 5 nitrogen and oxygen atoms in total. The average Bonchev–Trinajstić information content (AvgIpc) is 2.88. The number of hydrogen-bond acceptors (Lipinski definition) is 4. The molecule has 23 heavy (non-hydrogen) atoms. The van der Waals surface area contributed by atoms with Crippen LogP contribution in [0.1, 0.15) is 32.3 Å². The second-order valence-electron chi connectivity index (χ2n) is 5.78. The molecule has 1 heterocycles. The van der Waals surface area contributed by atoms with Gasteiger partial charge >= 0.3 is 0 Å². The zero-order valence-corrected chi connectivity index (χ0v) is 14.5. The lowest BCUT2D eigenvalue weighted by molar-refractivity contribution is -0.117. The van der Waals surface area contributed by atoms with Crippen molar-refractivity contribution < 1.29 is 14.4 Å². The molecular weight excluding hydrogens is 312 g/mol. The molecule has 1 N–H and O–H groups in total. The molecule has 1 unspecified atom stereocenters. The molecule has 1 aromatic carbocycles. The quantitative estimate of drug-likeness (QED) is 0.899. The Morgan fingerprint density at radius 2 is 2.13 bits per heavy atom. The molecule has 1 aliphatic heterocycles. The van der Waals surface area contributed by atoms with E-state index in [1.807, 2.05) is 25.1 Å². The number of carbonyl (C=O) groups excluding carboxylic acids is 3. The molecule has 1 aromatic rings. The molecule has 2 amide bonds. The summed E-state index contributed by atoms with van der Waals surface area (Å²) in [6.07, 6.45) is 0.876. The SMILES string of the molecule is CCC(=O)Nc1ccc(C)c(N2CC(CSC(C)=O)CC2=O)c1. The van der Waals surface area contributed by atoms with Gasteiger partial charge in [-0.2, -0.15) is 0 Å². The first-order valence-electron chi connectivity index (χ1n) is 7.75. The molecule has 0 aliphatic carbocycles. The second-order valence-corrected chi connectivity index (χ2v) is 6.98. The van der Waals surface area contributed by atoms with Crippen LogP contribution in [-0.2, 0) is 14.4 Å². The zero-order chi connectivity index (χ0) is 17.0. The van der Waals surface area contributed by atoms with Crippen LogP contribution < -0.4 is 10.2 Å². The van der Waals surface area contributed by atoms with Gasteiger partial charge in [-0.1, -0.05) is 24.8 Å². The summed E-state index contributed by atoms with van der Waals surface area (Å²) in [7, 11) is 0. The summed E-state index contributed by atoms with van der Waals surface area (Å²) < 4.78 is 0. The molecule has 6 heteroatoms. The molecule has 1 atom stereocenters. The molecule has 0 radical (unpaired) electrons. The van der Waals surface area contributed by atoms with Crippen molar-refractivity contribution in [1.82, 2.24) is 0 Å². The van der Waals surface area contributed by atoms with Crippen molar-refractivity contribution in [2.45, 2.75) is 33.6 Å². The van der Waals surface area contributed by atoms with Crippen molar-refractivity contribution in [3.8, 4) is 0 Å². The molecule has 124 valence electrons. The maximum Gasteiger partial charge on any atom is 0.227 e. The van der Waals surface area contributed by atoms with E-state index in [9.17, 15) is 14.4 Å². The number of nitrogens with zero attached hydrogens (tertiary/aromatic N) is 1. The first-order chi connectivity index (χ1) is 10.9. The highest BCUT2D eigenvalue weighted by molar-refractivity contribution is 8.13. The molecule has 1 fully saturated rings. The maximum absolute atomic E-state index is 12.3. The van der Waals surface area contributed by atoms with Crippen molar-refractivity contribution >= 4 is 40.1 Å². The molecule has 2 rings (SSSR count). The van der Waals surface area contributed by atoms with Crippen molar-refractivity contribution in [3.05, 3.63) is 23.8 Å². The lowest BCUT2D eigenvalue weighted by Gasteiger charge is -2.20. The van der Waals surface area contributed by atoms with Crippen LogP contribution in [0.15, 0.2) is 18.2 Å². The third-order valence-electron chi connectivity index (χ3n) is 3.83. The molecule has 0 saturated carbocycles. The number of amides is 2. The van der Waals surface area contributed by atoms with Crippen molar-refractivity contribution in [1.29, 1.82) is 0 Å². The Morgan fingerprint density at radius 1 is 1.39 bits per heavy atom. The summed E-state index contributed by atoms with van der Waals surface area (Å²) in [4.78, 5) is 36.7. The highest BCUT2D eigenvalue weighted by Gasteiger charge is 2.31. The number of carbonyl (C=O) groups is 3. The van der Waals surface area contributed by atoms with Gasteiger partial charge in [0, 0.05) is 43.4 Å². The van der Waals surface area contributed by atoms with Gasteiger partial charge in [0.2, 0.25) is 11.8 Å². The van der Waals surface area contributed by atoms with E-state index in [1.165, 1.54) is 11.8 Å². The third-order valence-corrected chi connectivity index (χ3v) is 4.88. The third kappa shape index (κ3) is 4.58. The minimum atomic E-state index is -0.0525. The van der Waals surface area contributed by atoms with E-state index in [1.54, 1.807) is 18.7 Å². The number of nitrogens with one attached hydrogen (secondary N) is 1. The van der Waals surface area contributed by atoms with E-state index < -0.39 is 0 Å². The molecular formula is C17H22N2O3S. The molecule has 1 saturated heterocycles. The largest absolute Gasteiger partial charge is 0.326 e. The van der Waals surface area contributed by atoms with Gasteiger partial charge in [0.25, 0.3) is 0 Å². The van der Waals surface area contributed by atoms with E-state index in [0.717, 1.165) is 11.3 Å². The van der Waals surface area contributed by atoms with Gasteiger partial charge in [0.15, 0.2) is 5.12 Å². The topological polar surface area (TPSA) is 66.5 Å². The first-order valence-corrected chi connectivity index (χ1v) is 8.73. The van der Waals surface area contributed by atoms with E-state index in [0.29, 0.717) is 30.8 Å². The first kappa shape index (κ1) is 17.5. The van der Waals surface area contributed by atoms with Crippen LogP contribution in [0, 0.1) is 12.8 Å². The monoisotopic (exact) mass is 334 g/mol. The van der Waals surface area contributed by atoms with Crippen LogP contribution in [-0.4, -0.2) is 29.2 Å². The molecule has 1 aliphatic rings. The normalized spacial score (nSPS) is 17.4. The summed E-state index contributed by atoms with van der Waals surface area (Å²) in [5, 5.41) is 2.90. The van der Waals surface area contributed by atoms with Crippen LogP contribution in [0.4, 0.5) is 11.4 Å². The molecule has 0 aromatic heterocycles. The summed E-state index contributed by atoms with van der Waals surface area (Å²) in [5.41, 5.74) is 2.53. The molecule has 0 spiro atoms. The van der Waals surface area contributed by atoms with Crippen LogP contribution in [0.3, 0.4) is 0 Å². The highest BCUT2D eigenvalue weighted by atomic mass is 32.2.